The van der Waals surface area contributed by atoms with Crippen molar-refractivity contribution in [1.29, 1.82) is 0 Å². The lowest BCUT2D eigenvalue weighted by Crippen LogP contribution is -2.42. The van der Waals surface area contributed by atoms with E-state index in [-0.39, 0.29) is 6.10 Å². The Hall–Kier alpha value is -0.860. The molecule has 0 spiro atoms. The van der Waals surface area contributed by atoms with Gasteiger partial charge >= 0.3 is 0 Å². The molecule has 1 heterocycles. The van der Waals surface area contributed by atoms with Crippen LogP contribution >= 0.6 is 0 Å². The van der Waals surface area contributed by atoms with Gasteiger partial charge in [-0.05, 0) is 25.3 Å². The predicted molar refractivity (Wildman–Crippen MR) is 73.7 cm³/mol. The van der Waals surface area contributed by atoms with Gasteiger partial charge in [-0.2, -0.15) is 0 Å². The van der Waals surface area contributed by atoms with Gasteiger partial charge in [0, 0.05) is 19.4 Å². The molecule has 0 radical (unpaired) electrons. The highest BCUT2D eigenvalue weighted by Gasteiger charge is 2.34. The van der Waals surface area contributed by atoms with Crippen LogP contribution in [-0.4, -0.2) is 23.4 Å². The molecule has 1 aromatic rings. The molecule has 0 bridgehead atoms. The molecule has 0 aliphatic carbocycles. The van der Waals surface area contributed by atoms with E-state index in [1.54, 1.807) is 0 Å². The Labute approximate surface area is 110 Å². The average Bonchev–Trinajstić information content (AvgIpc) is 2.32. The summed E-state index contributed by atoms with van der Waals surface area (Å²) in [6, 6.07) is 8.47. The first-order valence-electron chi connectivity index (χ1n) is 7.01. The standard InChI is InChI=1S/C16H24O2/c1-3-4-15-12-16(17,9-10-18-15)11-14-7-5-13(2)6-8-14/h5-8,15,17H,3-4,9-12H2,1-2H3. The Balaban J connectivity index is 1.99. The highest BCUT2D eigenvalue weighted by Crippen LogP contribution is 2.30. The van der Waals surface area contributed by atoms with Gasteiger partial charge in [-0.15, -0.1) is 0 Å². The van der Waals surface area contributed by atoms with E-state index in [1.165, 1.54) is 11.1 Å². The number of hydrogen-bond donors (Lipinski definition) is 1. The second kappa shape index (κ2) is 5.85. The van der Waals surface area contributed by atoms with Gasteiger partial charge in [0.25, 0.3) is 0 Å². The summed E-state index contributed by atoms with van der Waals surface area (Å²) in [7, 11) is 0. The van der Waals surface area contributed by atoms with Gasteiger partial charge in [0.2, 0.25) is 0 Å². The van der Waals surface area contributed by atoms with Crippen LogP contribution in [0.15, 0.2) is 24.3 Å². The topological polar surface area (TPSA) is 29.5 Å². The Kier molecular flexibility index (Phi) is 4.41. The van der Waals surface area contributed by atoms with Crippen LogP contribution < -0.4 is 0 Å². The maximum Gasteiger partial charge on any atom is 0.0734 e. The third-order valence-corrected chi connectivity index (χ3v) is 3.79. The van der Waals surface area contributed by atoms with E-state index in [1.807, 2.05) is 0 Å². The Morgan fingerprint density at radius 1 is 1.33 bits per heavy atom. The number of hydrogen-bond acceptors (Lipinski definition) is 2. The van der Waals surface area contributed by atoms with Crippen LogP contribution in [-0.2, 0) is 11.2 Å². The van der Waals surface area contributed by atoms with Crippen molar-refractivity contribution in [3.63, 3.8) is 0 Å². The zero-order valence-corrected chi connectivity index (χ0v) is 11.5. The molecule has 2 atom stereocenters. The van der Waals surface area contributed by atoms with Crippen LogP contribution in [0.2, 0.25) is 0 Å². The molecule has 2 nitrogen and oxygen atoms in total. The van der Waals surface area contributed by atoms with E-state index in [4.69, 9.17) is 4.74 Å². The van der Waals surface area contributed by atoms with Gasteiger partial charge < -0.3 is 9.84 Å². The first kappa shape index (κ1) is 13.6. The van der Waals surface area contributed by atoms with Crippen LogP contribution in [0.4, 0.5) is 0 Å². The van der Waals surface area contributed by atoms with Gasteiger partial charge in [-0.3, -0.25) is 0 Å². The van der Waals surface area contributed by atoms with Gasteiger partial charge in [-0.1, -0.05) is 43.2 Å². The largest absolute Gasteiger partial charge is 0.389 e. The van der Waals surface area contributed by atoms with Gasteiger partial charge in [0.05, 0.1) is 11.7 Å². The number of benzene rings is 1. The molecular formula is C16H24O2. The molecule has 100 valence electrons. The lowest BCUT2D eigenvalue weighted by Gasteiger charge is -2.37. The van der Waals surface area contributed by atoms with Crippen molar-refractivity contribution in [2.45, 2.75) is 57.7 Å². The zero-order valence-electron chi connectivity index (χ0n) is 11.5. The summed E-state index contributed by atoms with van der Waals surface area (Å²) in [5.74, 6) is 0. The van der Waals surface area contributed by atoms with Crippen LogP contribution in [0.25, 0.3) is 0 Å². The zero-order chi connectivity index (χ0) is 13.0. The minimum atomic E-state index is -0.576. The van der Waals surface area contributed by atoms with E-state index in [0.717, 1.165) is 32.1 Å². The molecule has 0 saturated carbocycles. The quantitative estimate of drug-likeness (QED) is 0.886. The summed E-state index contributed by atoms with van der Waals surface area (Å²) in [5.41, 5.74) is 1.91. The molecule has 0 amide bonds. The van der Waals surface area contributed by atoms with E-state index < -0.39 is 5.60 Å². The number of ether oxygens (including phenoxy) is 1. The maximum absolute atomic E-state index is 10.7. The molecular weight excluding hydrogens is 224 g/mol. The third-order valence-electron chi connectivity index (χ3n) is 3.79. The smallest absolute Gasteiger partial charge is 0.0734 e. The number of aryl methyl sites for hydroxylation is 1. The minimum absolute atomic E-state index is 0.235. The van der Waals surface area contributed by atoms with Crippen LogP contribution in [0.1, 0.15) is 43.7 Å². The van der Waals surface area contributed by atoms with Crippen LogP contribution in [0, 0.1) is 6.92 Å². The van der Waals surface area contributed by atoms with Crippen molar-refractivity contribution in [1.82, 2.24) is 0 Å². The second-order valence-electron chi connectivity index (χ2n) is 5.62. The summed E-state index contributed by atoms with van der Waals surface area (Å²) in [6.07, 6.45) is 4.67. The highest BCUT2D eigenvalue weighted by atomic mass is 16.5. The second-order valence-corrected chi connectivity index (χ2v) is 5.62. The lowest BCUT2D eigenvalue weighted by atomic mass is 9.83. The fourth-order valence-corrected chi connectivity index (χ4v) is 2.75. The minimum Gasteiger partial charge on any atom is -0.389 e. The molecule has 1 saturated heterocycles. The van der Waals surface area contributed by atoms with Crippen molar-refractivity contribution in [2.75, 3.05) is 6.61 Å². The monoisotopic (exact) mass is 248 g/mol. The van der Waals surface area contributed by atoms with Gasteiger partial charge in [0.15, 0.2) is 0 Å². The van der Waals surface area contributed by atoms with E-state index >= 15 is 0 Å². The summed E-state index contributed by atoms with van der Waals surface area (Å²) in [4.78, 5) is 0. The molecule has 2 rings (SSSR count). The van der Waals surface area contributed by atoms with E-state index in [2.05, 4.69) is 38.1 Å². The molecule has 1 N–H and O–H groups in total. The van der Waals surface area contributed by atoms with Crippen LogP contribution in [0.5, 0.6) is 0 Å². The predicted octanol–water partition coefficient (Wildman–Crippen LogP) is 3.25. The fourth-order valence-electron chi connectivity index (χ4n) is 2.75. The summed E-state index contributed by atoms with van der Waals surface area (Å²) < 4.78 is 5.71. The Morgan fingerprint density at radius 2 is 2.06 bits per heavy atom. The molecule has 1 aromatic carbocycles. The normalized spacial score (nSPS) is 28.3. The maximum atomic E-state index is 10.7. The van der Waals surface area contributed by atoms with E-state index in [9.17, 15) is 5.11 Å². The molecule has 1 fully saturated rings. The molecule has 1 aliphatic rings. The number of rotatable bonds is 4. The molecule has 2 heteroatoms. The molecule has 2 unspecified atom stereocenters. The van der Waals surface area contributed by atoms with Crippen molar-refractivity contribution in [3.8, 4) is 0 Å². The highest BCUT2D eigenvalue weighted by molar-refractivity contribution is 5.23. The Bertz CT molecular complexity index is 369. The Morgan fingerprint density at radius 3 is 2.72 bits per heavy atom. The van der Waals surface area contributed by atoms with Crippen molar-refractivity contribution in [3.05, 3.63) is 35.4 Å². The first-order valence-corrected chi connectivity index (χ1v) is 7.01. The van der Waals surface area contributed by atoms with Gasteiger partial charge in [-0.25, -0.2) is 0 Å². The van der Waals surface area contributed by atoms with Crippen LogP contribution in [0.3, 0.4) is 0 Å². The molecule has 0 aromatic heterocycles. The van der Waals surface area contributed by atoms with Crippen molar-refractivity contribution >= 4 is 0 Å². The fraction of sp³-hybridized carbons (Fsp3) is 0.625. The SMILES string of the molecule is CCCC1CC(O)(Cc2ccc(C)cc2)CCO1. The summed E-state index contributed by atoms with van der Waals surface area (Å²) >= 11 is 0. The summed E-state index contributed by atoms with van der Waals surface area (Å²) in [6.45, 7) is 4.94. The lowest BCUT2D eigenvalue weighted by molar-refractivity contribution is -0.104. The molecule has 18 heavy (non-hydrogen) atoms. The summed E-state index contributed by atoms with van der Waals surface area (Å²) in [5, 5.41) is 10.7. The first-order chi connectivity index (χ1) is 8.61. The van der Waals surface area contributed by atoms with Crippen molar-refractivity contribution < 1.29 is 9.84 Å². The average molecular weight is 248 g/mol. The molecule has 1 aliphatic heterocycles. The third kappa shape index (κ3) is 3.56. The van der Waals surface area contributed by atoms with Crippen molar-refractivity contribution in [2.24, 2.45) is 0 Å². The van der Waals surface area contributed by atoms with E-state index in [0.29, 0.717) is 6.61 Å². The number of aliphatic hydroxyl groups is 1. The van der Waals surface area contributed by atoms with Gasteiger partial charge in [0.1, 0.15) is 0 Å².